The average molecular weight is 282 g/mol. The molecule has 104 valence electrons. The molecule has 1 amide bonds. The number of rotatable bonds is 6. The highest BCUT2D eigenvalue weighted by Crippen LogP contribution is 2.32. The lowest BCUT2D eigenvalue weighted by Gasteiger charge is -2.14. The first-order valence-corrected chi connectivity index (χ1v) is 7.32. The van der Waals surface area contributed by atoms with E-state index in [1.165, 1.54) is 18.4 Å². The molecule has 19 heavy (non-hydrogen) atoms. The van der Waals surface area contributed by atoms with Gasteiger partial charge in [0.2, 0.25) is 0 Å². The van der Waals surface area contributed by atoms with Crippen LogP contribution in [0.2, 0.25) is 5.02 Å². The summed E-state index contributed by atoms with van der Waals surface area (Å²) in [5.41, 5.74) is 1.19. The van der Waals surface area contributed by atoms with Gasteiger partial charge in [-0.1, -0.05) is 23.7 Å². The van der Waals surface area contributed by atoms with E-state index in [1.807, 2.05) is 24.3 Å². The van der Waals surface area contributed by atoms with Gasteiger partial charge >= 0.3 is 0 Å². The molecule has 0 aromatic heterocycles. The Balaban J connectivity index is 1.74. The number of nitrogens with two attached hydrogens (primary N) is 1. The first kappa shape index (κ1) is 14.4. The third-order valence-electron chi connectivity index (χ3n) is 3.77. The Kier molecular flexibility index (Phi) is 4.83. The van der Waals surface area contributed by atoms with E-state index < -0.39 is 0 Å². The first-order valence-electron chi connectivity index (χ1n) is 6.94. The molecule has 0 heterocycles. The Labute approximate surface area is 119 Å². The molecule has 1 saturated carbocycles. The second kappa shape index (κ2) is 6.40. The van der Waals surface area contributed by atoms with Gasteiger partial charge in [0.25, 0.3) is 5.91 Å². The van der Waals surface area contributed by atoms with Crippen LogP contribution >= 0.6 is 11.6 Å². The van der Waals surface area contributed by atoms with Crippen LogP contribution in [0.4, 0.5) is 0 Å². The van der Waals surface area contributed by atoms with Gasteiger partial charge in [0, 0.05) is 16.6 Å². The third kappa shape index (κ3) is 4.51. The van der Waals surface area contributed by atoms with Gasteiger partial charge in [-0.05, 0) is 44.7 Å². The molecule has 0 aliphatic heterocycles. The van der Waals surface area contributed by atoms with Gasteiger partial charge in [0.1, 0.15) is 6.04 Å². The maximum atomic E-state index is 11.8. The summed E-state index contributed by atoms with van der Waals surface area (Å²) in [6, 6.07) is 8.38. The summed E-state index contributed by atoms with van der Waals surface area (Å²) in [7, 11) is 0. The van der Waals surface area contributed by atoms with Crippen LogP contribution in [0, 0.1) is 5.92 Å². The summed E-state index contributed by atoms with van der Waals surface area (Å²) in [6.07, 6.45) is 2.51. The standard InChI is InChI=1S/C15H21ClN2O/c1-10(12-5-7-14(16)8-6-12)17-9-15(19)18-11(2)13-3-4-13/h5-8,10-11,13,17H,3-4,9H2,1-2H3,(H,18,19)/p+1/t10-,11+/m0/s1. The van der Waals surface area contributed by atoms with Crippen LogP contribution in [0.25, 0.3) is 0 Å². The largest absolute Gasteiger partial charge is 0.348 e. The number of amides is 1. The third-order valence-corrected chi connectivity index (χ3v) is 4.02. The van der Waals surface area contributed by atoms with Gasteiger partial charge < -0.3 is 10.6 Å². The second-order valence-corrected chi connectivity index (χ2v) is 5.91. The van der Waals surface area contributed by atoms with Crippen molar-refractivity contribution in [3.8, 4) is 0 Å². The van der Waals surface area contributed by atoms with Gasteiger partial charge in [-0.25, -0.2) is 0 Å². The minimum Gasteiger partial charge on any atom is -0.348 e. The van der Waals surface area contributed by atoms with Gasteiger partial charge in [0.05, 0.1) is 0 Å². The minimum atomic E-state index is 0.125. The summed E-state index contributed by atoms with van der Waals surface area (Å²) < 4.78 is 0. The Hall–Kier alpha value is -1.06. The average Bonchev–Trinajstić information content (AvgIpc) is 3.21. The molecule has 1 aromatic rings. The van der Waals surface area contributed by atoms with E-state index >= 15 is 0 Å². The fourth-order valence-electron chi connectivity index (χ4n) is 2.21. The second-order valence-electron chi connectivity index (χ2n) is 5.47. The molecular formula is C15H22ClN2O+. The topological polar surface area (TPSA) is 45.7 Å². The predicted molar refractivity (Wildman–Crippen MR) is 77.0 cm³/mol. The molecule has 3 N–H and O–H groups in total. The normalized spacial score (nSPS) is 17.8. The molecule has 1 aliphatic carbocycles. The SMILES string of the molecule is C[C@H]([NH2+]CC(=O)N[C@H](C)C1CC1)c1ccc(Cl)cc1. The van der Waals surface area contributed by atoms with E-state index in [4.69, 9.17) is 11.6 Å². The highest BCUT2D eigenvalue weighted by atomic mass is 35.5. The number of hydrogen-bond acceptors (Lipinski definition) is 1. The highest BCUT2D eigenvalue weighted by Gasteiger charge is 2.29. The summed E-state index contributed by atoms with van der Waals surface area (Å²) in [5.74, 6) is 0.831. The molecule has 1 aliphatic rings. The van der Waals surface area contributed by atoms with E-state index in [0.717, 1.165) is 5.02 Å². The molecular weight excluding hydrogens is 260 g/mol. The zero-order chi connectivity index (χ0) is 13.8. The van der Waals surface area contributed by atoms with Gasteiger partial charge in [-0.2, -0.15) is 0 Å². The molecule has 0 saturated heterocycles. The quantitative estimate of drug-likeness (QED) is 0.822. The van der Waals surface area contributed by atoms with Crippen LogP contribution in [0.3, 0.4) is 0 Å². The molecule has 4 heteroatoms. The number of nitrogens with one attached hydrogen (secondary N) is 1. The lowest BCUT2D eigenvalue weighted by molar-refractivity contribution is -0.682. The molecule has 0 radical (unpaired) electrons. The van der Waals surface area contributed by atoms with Crippen LogP contribution in [0.5, 0.6) is 0 Å². The van der Waals surface area contributed by atoms with Crippen molar-refractivity contribution in [1.29, 1.82) is 0 Å². The van der Waals surface area contributed by atoms with Crippen LogP contribution in [-0.2, 0) is 4.79 Å². The zero-order valence-electron chi connectivity index (χ0n) is 11.5. The number of carbonyl (C=O) groups is 1. The molecule has 1 fully saturated rings. The summed E-state index contributed by atoms with van der Waals surface area (Å²) in [5, 5.41) is 5.86. The van der Waals surface area contributed by atoms with Gasteiger partial charge in [-0.3, -0.25) is 4.79 Å². The minimum absolute atomic E-state index is 0.125. The monoisotopic (exact) mass is 281 g/mol. The maximum absolute atomic E-state index is 11.8. The number of halogens is 1. The zero-order valence-corrected chi connectivity index (χ0v) is 12.3. The van der Waals surface area contributed by atoms with E-state index in [1.54, 1.807) is 0 Å². The fourth-order valence-corrected chi connectivity index (χ4v) is 2.34. The Bertz CT molecular complexity index is 428. The molecule has 2 atom stereocenters. The van der Waals surface area contributed by atoms with Crippen molar-refractivity contribution < 1.29 is 10.1 Å². The van der Waals surface area contributed by atoms with E-state index in [2.05, 4.69) is 24.5 Å². The van der Waals surface area contributed by atoms with Crippen LogP contribution in [0.1, 0.15) is 38.3 Å². The van der Waals surface area contributed by atoms with Gasteiger partial charge in [0.15, 0.2) is 6.54 Å². The van der Waals surface area contributed by atoms with Crippen molar-refractivity contribution >= 4 is 17.5 Å². The molecule has 0 unspecified atom stereocenters. The van der Waals surface area contributed by atoms with E-state index in [0.29, 0.717) is 18.5 Å². The van der Waals surface area contributed by atoms with Crippen molar-refractivity contribution in [2.75, 3.05) is 6.54 Å². The van der Waals surface area contributed by atoms with Crippen molar-refractivity contribution in [3.05, 3.63) is 34.9 Å². The molecule has 3 nitrogen and oxygen atoms in total. The van der Waals surface area contributed by atoms with Crippen LogP contribution in [0.15, 0.2) is 24.3 Å². The highest BCUT2D eigenvalue weighted by molar-refractivity contribution is 6.30. The number of quaternary nitrogens is 1. The first-order chi connectivity index (χ1) is 9.06. The lowest BCUT2D eigenvalue weighted by atomic mass is 10.1. The van der Waals surface area contributed by atoms with Crippen molar-refractivity contribution in [2.24, 2.45) is 5.92 Å². The Morgan fingerprint density at radius 2 is 2.00 bits per heavy atom. The van der Waals surface area contributed by atoms with Gasteiger partial charge in [-0.15, -0.1) is 0 Å². The fraction of sp³-hybridized carbons (Fsp3) is 0.533. The summed E-state index contributed by atoms with van der Waals surface area (Å²) >= 11 is 5.86. The number of hydrogen-bond donors (Lipinski definition) is 2. The molecule has 0 spiro atoms. The van der Waals surface area contributed by atoms with Crippen molar-refractivity contribution in [2.45, 2.75) is 38.8 Å². The van der Waals surface area contributed by atoms with Crippen LogP contribution < -0.4 is 10.6 Å². The Morgan fingerprint density at radius 3 is 2.58 bits per heavy atom. The summed E-state index contributed by atoms with van der Waals surface area (Å²) in [6.45, 7) is 4.67. The van der Waals surface area contributed by atoms with E-state index in [-0.39, 0.29) is 11.9 Å². The Morgan fingerprint density at radius 1 is 1.37 bits per heavy atom. The number of benzene rings is 1. The summed E-state index contributed by atoms with van der Waals surface area (Å²) in [4.78, 5) is 11.8. The molecule has 1 aromatic carbocycles. The number of carbonyl (C=O) groups excluding carboxylic acids is 1. The molecule has 0 bridgehead atoms. The van der Waals surface area contributed by atoms with E-state index in [9.17, 15) is 4.79 Å². The van der Waals surface area contributed by atoms with Crippen molar-refractivity contribution in [1.82, 2.24) is 5.32 Å². The van der Waals surface area contributed by atoms with Crippen LogP contribution in [-0.4, -0.2) is 18.5 Å². The smallest absolute Gasteiger partial charge is 0.275 e. The predicted octanol–water partition coefficient (Wildman–Crippen LogP) is 1.88. The van der Waals surface area contributed by atoms with Crippen molar-refractivity contribution in [3.63, 3.8) is 0 Å². The molecule has 2 rings (SSSR count). The lowest BCUT2D eigenvalue weighted by Crippen LogP contribution is -2.87. The maximum Gasteiger partial charge on any atom is 0.275 e.